The predicted molar refractivity (Wildman–Crippen MR) is 63.4 cm³/mol. The van der Waals surface area contributed by atoms with E-state index in [0.717, 1.165) is 11.1 Å². The number of hydrogen-bond acceptors (Lipinski definition) is 2. The molecule has 0 fully saturated rings. The maximum atomic E-state index is 9.51. The van der Waals surface area contributed by atoms with E-state index < -0.39 is 0 Å². The first-order valence-corrected chi connectivity index (χ1v) is 4.66. The molecule has 13 heavy (non-hydrogen) atoms. The van der Waals surface area contributed by atoms with Crippen LogP contribution < -0.4 is 0 Å². The summed E-state index contributed by atoms with van der Waals surface area (Å²) >= 11 is 8.63. The van der Waals surface area contributed by atoms with Crippen LogP contribution in [0.15, 0.2) is 30.3 Å². The van der Waals surface area contributed by atoms with Gasteiger partial charge in [0.1, 0.15) is 5.76 Å². The number of aryl methyl sites for hydroxylation is 1. The van der Waals surface area contributed by atoms with Gasteiger partial charge < -0.3 is 5.11 Å². The lowest BCUT2D eigenvalue weighted by Crippen LogP contribution is -1.85. The zero-order chi connectivity index (χ0) is 9.84. The van der Waals surface area contributed by atoms with E-state index >= 15 is 0 Å². The molecule has 0 aliphatic rings. The maximum Gasteiger partial charge on any atom is 0.124 e. The number of benzene rings is 1. The molecule has 0 saturated heterocycles. The van der Waals surface area contributed by atoms with Gasteiger partial charge in [-0.3, -0.25) is 0 Å². The van der Waals surface area contributed by atoms with Crippen molar-refractivity contribution in [2.24, 2.45) is 0 Å². The van der Waals surface area contributed by atoms with Gasteiger partial charge in [-0.1, -0.05) is 42.0 Å². The number of rotatable bonds is 2. The van der Waals surface area contributed by atoms with E-state index in [4.69, 9.17) is 12.2 Å². The van der Waals surface area contributed by atoms with Crippen molar-refractivity contribution in [2.45, 2.75) is 6.92 Å². The van der Waals surface area contributed by atoms with Crippen LogP contribution in [0.5, 0.6) is 0 Å². The van der Waals surface area contributed by atoms with Crippen molar-refractivity contribution in [3.8, 4) is 0 Å². The standard InChI is InChI=1S/C10H10OS2/c1-7-2-4-8(5-3-7)9(11)6-10(12)13/h2-6,11H,1H3,(H,12,13)/b9-6+. The summed E-state index contributed by atoms with van der Waals surface area (Å²) in [5.41, 5.74) is 1.91. The van der Waals surface area contributed by atoms with Gasteiger partial charge in [0.15, 0.2) is 0 Å². The topological polar surface area (TPSA) is 20.2 Å². The summed E-state index contributed by atoms with van der Waals surface area (Å²) in [6.07, 6.45) is 1.45. The molecular formula is C10H10OS2. The highest BCUT2D eigenvalue weighted by atomic mass is 32.1. The van der Waals surface area contributed by atoms with Crippen molar-refractivity contribution >= 4 is 34.8 Å². The minimum absolute atomic E-state index is 0.153. The molecule has 0 saturated carbocycles. The molecule has 0 bridgehead atoms. The highest BCUT2D eigenvalue weighted by Crippen LogP contribution is 2.12. The van der Waals surface area contributed by atoms with E-state index in [-0.39, 0.29) is 5.76 Å². The summed E-state index contributed by atoms with van der Waals surface area (Å²) in [6, 6.07) is 7.54. The van der Waals surface area contributed by atoms with Crippen LogP contribution in [0, 0.1) is 6.92 Å². The van der Waals surface area contributed by atoms with Crippen molar-refractivity contribution in [2.75, 3.05) is 0 Å². The molecule has 0 heterocycles. The maximum absolute atomic E-state index is 9.51. The summed E-state index contributed by atoms with van der Waals surface area (Å²) in [5, 5.41) is 9.51. The second-order valence-electron chi connectivity index (χ2n) is 2.73. The van der Waals surface area contributed by atoms with Crippen molar-refractivity contribution in [3.63, 3.8) is 0 Å². The molecule has 0 aromatic heterocycles. The molecule has 3 heteroatoms. The first-order valence-electron chi connectivity index (χ1n) is 3.80. The minimum Gasteiger partial charge on any atom is -0.507 e. The van der Waals surface area contributed by atoms with Gasteiger partial charge in [-0.05, 0) is 6.92 Å². The third kappa shape index (κ3) is 3.20. The summed E-state index contributed by atoms with van der Waals surface area (Å²) < 4.78 is 0.373. The lowest BCUT2D eigenvalue weighted by Gasteiger charge is -1.99. The summed E-state index contributed by atoms with van der Waals surface area (Å²) in [7, 11) is 0. The van der Waals surface area contributed by atoms with Gasteiger partial charge in [0.2, 0.25) is 0 Å². The van der Waals surface area contributed by atoms with E-state index in [1.807, 2.05) is 31.2 Å². The molecular weight excluding hydrogens is 200 g/mol. The molecule has 0 atom stereocenters. The van der Waals surface area contributed by atoms with Crippen LogP contribution in [-0.4, -0.2) is 9.30 Å². The number of aliphatic hydroxyl groups excluding tert-OH is 1. The van der Waals surface area contributed by atoms with Gasteiger partial charge in [0.25, 0.3) is 0 Å². The van der Waals surface area contributed by atoms with Crippen LogP contribution in [0.2, 0.25) is 0 Å². The van der Waals surface area contributed by atoms with E-state index in [1.165, 1.54) is 6.08 Å². The molecule has 0 amide bonds. The zero-order valence-corrected chi connectivity index (χ0v) is 8.90. The Balaban J connectivity index is 2.96. The highest BCUT2D eigenvalue weighted by molar-refractivity contribution is 8.11. The van der Waals surface area contributed by atoms with E-state index in [2.05, 4.69) is 12.6 Å². The largest absolute Gasteiger partial charge is 0.507 e. The molecule has 1 rings (SSSR count). The predicted octanol–water partition coefficient (Wildman–Crippen LogP) is 3.15. The van der Waals surface area contributed by atoms with Gasteiger partial charge in [0.05, 0.1) is 4.20 Å². The Morgan fingerprint density at radius 2 is 1.92 bits per heavy atom. The van der Waals surface area contributed by atoms with Crippen LogP contribution in [-0.2, 0) is 0 Å². The number of thiol groups is 1. The zero-order valence-electron chi connectivity index (χ0n) is 7.19. The Kier molecular flexibility index (Phi) is 3.51. The molecule has 0 radical (unpaired) electrons. The van der Waals surface area contributed by atoms with Crippen LogP contribution in [0.25, 0.3) is 5.76 Å². The van der Waals surface area contributed by atoms with E-state index in [9.17, 15) is 5.11 Å². The van der Waals surface area contributed by atoms with Crippen molar-refractivity contribution in [1.82, 2.24) is 0 Å². The molecule has 0 unspecified atom stereocenters. The fourth-order valence-electron chi connectivity index (χ4n) is 0.925. The van der Waals surface area contributed by atoms with Crippen LogP contribution in [0.4, 0.5) is 0 Å². The molecule has 0 aliphatic heterocycles. The molecule has 1 aromatic carbocycles. The van der Waals surface area contributed by atoms with Crippen molar-refractivity contribution in [1.29, 1.82) is 0 Å². The van der Waals surface area contributed by atoms with E-state index in [1.54, 1.807) is 0 Å². The quantitative estimate of drug-likeness (QED) is 0.338. The van der Waals surface area contributed by atoms with Crippen LogP contribution >= 0.6 is 24.8 Å². The number of aliphatic hydroxyl groups is 1. The van der Waals surface area contributed by atoms with Gasteiger partial charge >= 0.3 is 0 Å². The number of thiocarbonyl (C=S) groups is 1. The first-order chi connectivity index (χ1) is 6.09. The first kappa shape index (κ1) is 10.3. The van der Waals surface area contributed by atoms with Gasteiger partial charge in [0, 0.05) is 11.6 Å². The van der Waals surface area contributed by atoms with E-state index in [0.29, 0.717) is 4.20 Å². The smallest absolute Gasteiger partial charge is 0.124 e. The molecule has 1 N–H and O–H groups in total. The Labute approximate surface area is 88.5 Å². The highest BCUT2D eigenvalue weighted by Gasteiger charge is 1.97. The van der Waals surface area contributed by atoms with Crippen molar-refractivity contribution in [3.05, 3.63) is 41.5 Å². The van der Waals surface area contributed by atoms with Gasteiger partial charge in [-0.25, -0.2) is 0 Å². The average molecular weight is 210 g/mol. The number of hydrogen-bond donors (Lipinski definition) is 2. The molecule has 1 nitrogen and oxygen atoms in total. The van der Waals surface area contributed by atoms with Gasteiger partial charge in [-0.2, -0.15) is 0 Å². The second kappa shape index (κ2) is 4.44. The molecule has 68 valence electrons. The fraction of sp³-hybridized carbons (Fsp3) is 0.100. The van der Waals surface area contributed by atoms with Crippen molar-refractivity contribution < 1.29 is 5.11 Å². The Morgan fingerprint density at radius 3 is 2.38 bits per heavy atom. The second-order valence-corrected chi connectivity index (χ2v) is 3.96. The SMILES string of the molecule is Cc1ccc(/C(O)=C\C(=S)S)cc1. The third-order valence-electron chi connectivity index (χ3n) is 1.61. The Morgan fingerprint density at radius 1 is 1.38 bits per heavy atom. The molecule has 1 aromatic rings. The molecule has 0 aliphatic carbocycles. The van der Waals surface area contributed by atoms with Crippen LogP contribution in [0.1, 0.15) is 11.1 Å². The Hall–Kier alpha value is -0.800. The summed E-state index contributed by atoms with van der Waals surface area (Å²) in [6.45, 7) is 1.99. The fourth-order valence-corrected chi connectivity index (χ4v) is 1.16. The molecule has 0 spiro atoms. The lowest BCUT2D eigenvalue weighted by atomic mass is 10.1. The average Bonchev–Trinajstić information content (AvgIpc) is 2.04. The normalized spacial score (nSPS) is 11.4. The third-order valence-corrected chi connectivity index (χ3v) is 1.85. The summed E-state index contributed by atoms with van der Waals surface area (Å²) in [5.74, 6) is 0.153. The van der Waals surface area contributed by atoms with Gasteiger partial charge in [-0.15, -0.1) is 12.6 Å². The Bertz CT molecular complexity index is 338. The van der Waals surface area contributed by atoms with Crippen LogP contribution in [0.3, 0.4) is 0 Å². The lowest BCUT2D eigenvalue weighted by molar-refractivity contribution is 0.512. The monoisotopic (exact) mass is 210 g/mol. The minimum atomic E-state index is 0.153. The summed E-state index contributed by atoms with van der Waals surface area (Å²) in [4.78, 5) is 0.